The predicted octanol–water partition coefficient (Wildman–Crippen LogP) is 5.69. The molecular weight excluding hydrogens is 430 g/mol. The van der Waals surface area contributed by atoms with Crippen molar-refractivity contribution in [2.24, 2.45) is 22.7 Å². The minimum absolute atomic E-state index is 0.0355. The molecule has 0 aromatic rings. The molecule has 0 spiro atoms. The summed E-state index contributed by atoms with van der Waals surface area (Å²) in [5.41, 5.74) is 2.03. The SMILES string of the molecule is C=CN=C(OC1CCC(N(C)C(=O)OC(C)(C)C)CC1)C1=C2C(CC=O)CCC2C(C)CC1=N. The molecule has 0 bridgehead atoms. The number of carbonyl (C=O) groups is 2. The zero-order valence-electron chi connectivity index (χ0n) is 21.4. The molecule has 0 aromatic heterocycles. The molecule has 3 aliphatic rings. The van der Waals surface area contributed by atoms with Gasteiger partial charge in [-0.1, -0.05) is 13.5 Å². The van der Waals surface area contributed by atoms with E-state index in [9.17, 15) is 9.59 Å². The number of hydrogen-bond donors (Lipinski definition) is 1. The van der Waals surface area contributed by atoms with Crippen LogP contribution in [0, 0.1) is 23.2 Å². The van der Waals surface area contributed by atoms with Crippen LogP contribution in [0.3, 0.4) is 0 Å². The molecule has 3 rings (SSSR count). The lowest BCUT2D eigenvalue weighted by atomic mass is 9.74. The minimum Gasteiger partial charge on any atom is -0.474 e. The lowest BCUT2D eigenvalue weighted by molar-refractivity contribution is -0.108. The van der Waals surface area contributed by atoms with E-state index in [0.29, 0.717) is 36.3 Å². The molecule has 0 aliphatic heterocycles. The van der Waals surface area contributed by atoms with E-state index in [-0.39, 0.29) is 24.2 Å². The fraction of sp³-hybridized carbons (Fsp3) is 0.704. The molecule has 0 heterocycles. The van der Waals surface area contributed by atoms with E-state index in [0.717, 1.165) is 50.4 Å². The summed E-state index contributed by atoms with van der Waals surface area (Å²) in [6.45, 7) is 11.6. The van der Waals surface area contributed by atoms with E-state index in [1.807, 2.05) is 20.8 Å². The molecular formula is C27H41N3O4. The fourth-order valence-electron chi connectivity index (χ4n) is 5.76. The van der Waals surface area contributed by atoms with Crippen LogP contribution in [0.5, 0.6) is 0 Å². The van der Waals surface area contributed by atoms with Crippen molar-refractivity contribution in [2.45, 2.75) is 96.8 Å². The standard InChI is InChI=1S/C27H41N3O4/c1-7-29-25(24-22(28)16-17(2)21-13-8-18(14-15-31)23(21)24)33-20-11-9-19(10-12-20)30(6)26(32)34-27(3,4)5/h7,15,17-21,28H,1,8-14,16H2,2-6H3. The monoisotopic (exact) mass is 471 g/mol. The van der Waals surface area contributed by atoms with Gasteiger partial charge in [0.2, 0.25) is 5.90 Å². The molecule has 34 heavy (non-hydrogen) atoms. The van der Waals surface area contributed by atoms with Crippen molar-refractivity contribution in [3.05, 3.63) is 23.9 Å². The third-order valence-electron chi connectivity index (χ3n) is 7.42. The number of fused-ring (bicyclic) bond motifs is 1. The highest BCUT2D eigenvalue weighted by Gasteiger charge is 2.42. The highest BCUT2D eigenvalue weighted by molar-refractivity contribution is 6.22. The van der Waals surface area contributed by atoms with Gasteiger partial charge in [0.25, 0.3) is 0 Å². The van der Waals surface area contributed by atoms with E-state index in [1.54, 1.807) is 11.9 Å². The first-order chi connectivity index (χ1) is 16.1. The van der Waals surface area contributed by atoms with Crippen molar-refractivity contribution in [1.29, 1.82) is 5.41 Å². The van der Waals surface area contributed by atoms with Crippen LogP contribution in [0.25, 0.3) is 0 Å². The normalized spacial score (nSPS) is 30.0. The molecule has 7 heteroatoms. The zero-order valence-corrected chi connectivity index (χ0v) is 21.4. The second-order valence-corrected chi connectivity index (χ2v) is 11.0. The van der Waals surface area contributed by atoms with E-state index in [2.05, 4.69) is 18.5 Å². The average molecular weight is 472 g/mol. The van der Waals surface area contributed by atoms with Gasteiger partial charge in [-0.15, -0.1) is 0 Å². The quantitative estimate of drug-likeness (QED) is 0.306. The van der Waals surface area contributed by atoms with Crippen molar-refractivity contribution in [2.75, 3.05) is 7.05 Å². The van der Waals surface area contributed by atoms with Gasteiger partial charge in [0.1, 0.15) is 18.0 Å². The molecule has 0 saturated heterocycles. The number of allylic oxidation sites excluding steroid dienone is 1. The zero-order chi connectivity index (χ0) is 25.0. The van der Waals surface area contributed by atoms with Crippen LogP contribution < -0.4 is 0 Å². The molecule has 188 valence electrons. The maximum atomic E-state index is 12.4. The minimum atomic E-state index is -0.516. The number of aldehydes is 1. The predicted molar refractivity (Wildman–Crippen MR) is 134 cm³/mol. The number of nitrogens with zero attached hydrogens (tertiary/aromatic N) is 2. The Bertz CT molecular complexity index is 862. The summed E-state index contributed by atoms with van der Waals surface area (Å²) in [5, 5.41) is 8.78. The van der Waals surface area contributed by atoms with Gasteiger partial charge in [-0.05, 0) is 89.0 Å². The Kier molecular flexibility index (Phi) is 8.37. The van der Waals surface area contributed by atoms with E-state index >= 15 is 0 Å². The number of aliphatic imine (C=N–C) groups is 1. The number of carbonyl (C=O) groups excluding carboxylic acids is 2. The van der Waals surface area contributed by atoms with Gasteiger partial charge in [0.05, 0.1) is 5.57 Å². The smallest absolute Gasteiger partial charge is 0.410 e. The summed E-state index contributed by atoms with van der Waals surface area (Å²) < 4.78 is 12.0. The lowest BCUT2D eigenvalue weighted by Gasteiger charge is -2.36. The van der Waals surface area contributed by atoms with Crippen LogP contribution in [0.1, 0.15) is 79.1 Å². The first-order valence-corrected chi connectivity index (χ1v) is 12.6. The molecule has 3 aliphatic carbocycles. The topological polar surface area (TPSA) is 92.0 Å². The summed E-state index contributed by atoms with van der Waals surface area (Å²) >= 11 is 0. The Morgan fingerprint density at radius 1 is 1.21 bits per heavy atom. The number of ether oxygens (including phenoxy) is 2. The summed E-state index contributed by atoms with van der Waals surface area (Å²) in [4.78, 5) is 30.0. The molecule has 2 saturated carbocycles. The maximum Gasteiger partial charge on any atom is 0.410 e. The number of nitrogens with one attached hydrogen (secondary N) is 1. The summed E-state index contributed by atoms with van der Waals surface area (Å²) in [5.74, 6) is 1.42. The van der Waals surface area contributed by atoms with Crippen LogP contribution in [0.2, 0.25) is 0 Å². The Balaban J connectivity index is 1.73. The van der Waals surface area contributed by atoms with Gasteiger partial charge < -0.3 is 24.6 Å². The van der Waals surface area contributed by atoms with Gasteiger partial charge >= 0.3 is 6.09 Å². The van der Waals surface area contributed by atoms with E-state index in [4.69, 9.17) is 14.9 Å². The molecule has 3 unspecified atom stereocenters. The molecule has 7 nitrogen and oxygen atoms in total. The van der Waals surface area contributed by atoms with Crippen molar-refractivity contribution >= 4 is 24.0 Å². The Hall–Kier alpha value is -2.44. The van der Waals surface area contributed by atoms with Crippen molar-refractivity contribution in [3.63, 3.8) is 0 Å². The van der Waals surface area contributed by atoms with Crippen LogP contribution in [-0.4, -0.2) is 53.7 Å². The Morgan fingerprint density at radius 3 is 2.47 bits per heavy atom. The first-order valence-electron chi connectivity index (χ1n) is 12.6. The lowest BCUT2D eigenvalue weighted by Crippen LogP contribution is -2.43. The number of amides is 1. The third-order valence-corrected chi connectivity index (χ3v) is 7.42. The second kappa shape index (κ2) is 10.9. The maximum absolute atomic E-state index is 12.4. The summed E-state index contributed by atoms with van der Waals surface area (Å²) in [6.07, 6.45) is 8.58. The molecule has 0 aromatic carbocycles. The van der Waals surface area contributed by atoms with Crippen LogP contribution in [-0.2, 0) is 14.3 Å². The van der Waals surface area contributed by atoms with Gasteiger partial charge in [-0.3, -0.25) is 0 Å². The summed E-state index contributed by atoms with van der Waals surface area (Å²) in [7, 11) is 1.80. The van der Waals surface area contributed by atoms with E-state index < -0.39 is 5.60 Å². The Morgan fingerprint density at radius 2 is 1.88 bits per heavy atom. The Labute approximate surface area is 204 Å². The molecule has 2 fully saturated rings. The molecule has 0 radical (unpaired) electrons. The highest BCUT2D eigenvalue weighted by atomic mass is 16.6. The fourth-order valence-corrected chi connectivity index (χ4v) is 5.76. The van der Waals surface area contributed by atoms with E-state index in [1.165, 1.54) is 11.8 Å². The molecule has 1 N–H and O–H groups in total. The van der Waals surface area contributed by atoms with Crippen molar-refractivity contribution in [3.8, 4) is 0 Å². The molecule has 1 amide bonds. The van der Waals surface area contributed by atoms with Gasteiger partial charge in [0, 0.05) is 31.4 Å². The number of rotatable bonds is 6. The average Bonchev–Trinajstić information content (AvgIpc) is 3.17. The van der Waals surface area contributed by atoms with Crippen molar-refractivity contribution < 1.29 is 19.1 Å². The van der Waals surface area contributed by atoms with Crippen LogP contribution >= 0.6 is 0 Å². The van der Waals surface area contributed by atoms with Crippen LogP contribution in [0.4, 0.5) is 4.79 Å². The third kappa shape index (κ3) is 5.97. The largest absolute Gasteiger partial charge is 0.474 e. The number of hydrogen-bond acceptors (Lipinski definition) is 6. The van der Waals surface area contributed by atoms with Gasteiger partial charge in [-0.2, -0.15) is 0 Å². The first kappa shape index (κ1) is 26.2. The van der Waals surface area contributed by atoms with Gasteiger partial charge in [0.15, 0.2) is 0 Å². The van der Waals surface area contributed by atoms with Crippen molar-refractivity contribution in [1.82, 2.24) is 4.90 Å². The van der Waals surface area contributed by atoms with Crippen LogP contribution in [0.15, 0.2) is 28.9 Å². The second-order valence-electron chi connectivity index (χ2n) is 11.0. The van der Waals surface area contributed by atoms with Gasteiger partial charge in [-0.25, -0.2) is 9.79 Å². The molecule has 3 atom stereocenters. The highest BCUT2D eigenvalue weighted by Crippen LogP contribution is 2.48. The summed E-state index contributed by atoms with van der Waals surface area (Å²) in [6, 6.07) is 0.113.